The summed E-state index contributed by atoms with van der Waals surface area (Å²) < 4.78 is 7.81. The van der Waals surface area contributed by atoms with E-state index in [1.165, 1.54) is 0 Å². The molecule has 1 unspecified atom stereocenters. The number of amides is 2. The molecule has 0 bridgehead atoms. The SMILES string of the molecule is CC(C)Oc1cc(C#N)ccc1NC(=O)NCC1c2ccccc2-c2cncn21. The average molecular weight is 387 g/mol. The van der Waals surface area contributed by atoms with Crippen molar-refractivity contribution < 1.29 is 9.53 Å². The maximum absolute atomic E-state index is 12.6. The fourth-order valence-corrected chi connectivity index (χ4v) is 3.54. The van der Waals surface area contributed by atoms with E-state index in [9.17, 15) is 4.79 Å². The van der Waals surface area contributed by atoms with Crippen molar-refractivity contribution in [3.05, 3.63) is 66.1 Å². The maximum atomic E-state index is 12.6. The van der Waals surface area contributed by atoms with Gasteiger partial charge in [0.1, 0.15) is 5.75 Å². The first-order valence-corrected chi connectivity index (χ1v) is 9.43. The standard InChI is InChI=1S/C22H21N5O2/c1-14(2)29-21-9-15(10-23)7-8-18(21)26-22(28)25-12-20-17-6-4-3-5-16(17)19-11-24-13-27(19)20/h3-9,11,13-14,20H,12H2,1-2H3,(H2,25,26,28). The van der Waals surface area contributed by atoms with Crippen LogP contribution in [0.3, 0.4) is 0 Å². The summed E-state index contributed by atoms with van der Waals surface area (Å²) in [6.45, 7) is 4.20. The molecule has 1 atom stereocenters. The molecule has 2 amide bonds. The van der Waals surface area contributed by atoms with Crippen molar-refractivity contribution in [3.63, 3.8) is 0 Å². The van der Waals surface area contributed by atoms with E-state index in [1.54, 1.807) is 24.5 Å². The third-order valence-corrected chi connectivity index (χ3v) is 4.78. The molecule has 29 heavy (non-hydrogen) atoms. The molecule has 0 saturated heterocycles. The lowest BCUT2D eigenvalue weighted by atomic mass is 10.0. The van der Waals surface area contributed by atoms with Gasteiger partial charge in [-0.05, 0) is 31.5 Å². The zero-order valence-electron chi connectivity index (χ0n) is 16.2. The van der Waals surface area contributed by atoms with Gasteiger partial charge in [-0.3, -0.25) is 0 Å². The highest BCUT2D eigenvalue weighted by Crippen LogP contribution is 2.38. The summed E-state index contributed by atoms with van der Waals surface area (Å²) in [5.41, 5.74) is 4.34. The molecule has 2 heterocycles. The quantitative estimate of drug-likeness (QED) is 0.694. The summed E-state index contributed by atoms with van der Waals surface area (Å²) in [5, 5.41) is 14.9. The van der Waals surface area contributed by atoms with Crippen LogP contribution in [0.1, 0.15) is 31.0 Å². The average Bonchev–Trinajstić information content (AvgIpc) is 3.29. The van der Waals surface area contributed by atoms with Gasteiger partial charge in [-0.25, -0.2) is 9.78 Å². The highest BCUT2D eigenvalue weighted by molar-refractivity contribution is 5.91. The number of fused-ring (bicyclic) bond motifs is 3. The Labute approximate surface area is 169 Å². The number of aromatic nitrogens is 2. The molecule has 1 aromatic heterocycles. The molecule has 146 valence electrons. The Bertz CT molecular complexity index is 1100. The molecule has 0 radical (unpaired) electrons. The number of nitriles is 1. The first-order chi connectivity index (χ1) is 14.1. The lowest BCUT2D eigenvalue weighted by Gasteiger charge is -2.18. The van der Waals surface area contributed by atoms with E-state index in [4.69, 9.17) is 10.00 Å². The second-order valence-electron chi connectivity index (χ2n) is 7.11. The number of nitrogens with one attached hydrogen (secondary N) is 2. The number of carbonyl (C=O) groups is 1. The van der Waals surface area contributed by atoms with E-state index in [0.717, 1.165) is 16.8 Å². The molecule has 4 rings (SSSR count). The van der Waals surface area contributed by atoms with Gasteiger partial charge in [-0.1, -0.05) is 24.3 Å². The van der Waals surface area contributed by atoms with Gasteiger partial charge in [0.05, 0.1) is 47.7 Å². The number of hydrogen-bond donors (Lipinski definition) is 2. The molecule has 1 aliphatic heterocycles. The number of hydrogen-bond acceptors (Lipinski definition) is 4. The Morgan fingerprint density at radius 3 is 2.93 bits per heavy atom. The fourth-order valence-electron chi connectivity index (χ4n) is 3.54. The summed E-state index contributed by atoms with van der Waals surface area (Å²) in [5.74, 6) is 0.470. The Hall–Kier alpha value is -3.79. The van der Waals surface area contributed by atoms with Crippen LogP contribution in [0.15, 0.2) is 55.0 Å². The molecule has 0 fully saturated rings. The van der Waals surface area contributed by atoms with Crippen LogP contribution in [0.2, 0.25) is 0 Å². The van der Waals surface area contributed by atoms with Crippen LogP contribution in [-0.4, -0.2) is 28.2 Å². The lowest BCUT2D eigenvalue weighted by Crippen LogP contribution is -2.33. The van der Waals surface area contributed by atoms with Gasteiger partial charge in [0.25, 0.3) is 0 Å². The predicted molar refractivity (Wildman–Crippen MR) is 110 cm³/mol. The number of rotatable bonds is 5. The number of imidazole rings is 1. The van der Waals surface area contributed by atoms with Crippen LogP contribution < -0.4 is 15.4 Å². The number of anilines is 1. The van der Waals surface area contributed by atoms with Gasteiger partial charge in [0.15, 0.2) is 0 Å². The minimum Gasteiger partial charge on any atom is -0.489 e. The predicted octanol–water partition coefficient (Wildman–Crippen LogP) is 3.93. The summed E-state index contributed by atoms with van der Waals surface area (Å²) in [4.78, 5) is 16.8. The number of carbonyl (C=O) groups excluding carboxylic acids is 1. The van der Waals surface area contributed by atoms with Crippen LogP contribution in [0.5, 0.6) is 5.75 Å². The smallest absolute Gasteiger partial charge is 0.319 e. The normalized spacial score (nSPS) is 14.1. The Balaban J connectivity index is 1.47. The molecule has 0 saturated carbocycles. The minimum atomic E-state index is -0.339. The van der Waals surface area contributed by atoms with Crippen molar-refractivity contribution in [2.45, 2.75) is 26.0 Å². The van der Waals surface area contributed by atoms with Crippen molar-refractivity contribution in [2.24, 2.45) is 0 Å². The molecule has 0 aliphatic carbocycles. The van der Waals surface area contributed by atoms with Gasteiger partial charge < -0.3 is 19.9 Å². The van der Waals surface area contributed by atoms with E-state index < -0.39 is 0 Å². The first-order valence-electron chi connectivity index (χ1n) is 9.43. The summed E-state index contributed by atoms with van der Waals surface area (Å²) in [6, 6.07) is 14.8. The number of urea groups is 1. The zero-order valence-corrected chi connectivity index (χ0v) is 16.2. The molecule has 2 aromatic carbocycles. The monoisotopic (exact) mass is 387 g/mol. The Kier molecular flexibility index (Phi) is 4.92. The molecular formula is C22H21N5O2. The van der Waals surface area contributed by atoms with Crippen LogP contribution in [0.25, 0.3) is 11.3 Å². The minimum absolute atomic E-state index is 0.0122. The zero-order chi connectivity index (χ0) is 20.4. The van der Waals surface area contributed by atoms with Crippen LogP contribution in [0.4, 0.5) is 10.5 Å². The third-order valence-electron chi connectivity index (χ3n) is 4.78. The highest BCUT2D eigenvalue weighted by atomic mass is 16.5. The number of nitrogens with zero attached hydrogens (tertiary/aromatic N) is 3. The van der Waals surface area contributed by atoms with Gasteiger partial charge >= 0.3 is 6.03 Å². The maximum Gasteiger partial charge on any atom is 0.319 e. The Morgan fingerprint density at radius 1 is 1.31 bits per heavy atom. The molecule has 7 heteroatoms. The summed E-state index contributed by atoms with van der Waals surface area (Å²) in [6.07, 6.45) is 3.54. The Morgan fingerprint density at radius 2 is 2.14 bits per heavy atom. The molecule has 2 N–H and O–H groups in total. The van der Waals surface area contributed by atoms with Crippen molar-refractivity contribution in [1.29, 1.82) is 5.26 Å². The molecule has 0 spiro atoms. The largest absolute Gasteiger partial charge is 0.489 e. The highest BCUT2D eigenvalue weighted by Gasteiger charge is 2.28. The van der Waals surface area contributed by atoms with Crippen molar-refractivity contribution >= 4 is 11.7 Å². The van der Waals surface area contributed by atoms with Gasteiger partial charge in [-0.2, -0.15) is 5.26 Å². The fraction of sp³-hybridized carbons (Fsp3) is 0.227. The summed E-state index contributed by atoms with van der Waals surface area (Å²) in [7, 11) is 0. The van der Waals surface area contributed by atoms with Gasteiger partial charge in [-0.15, -0.1) is 0 Å². The van der Waals surface area contributed by atoms with Crippen LogP contribution in [0, 0.1) is 11.3 Å². The molecule has 1 aliphatic rings. The van der Waals surface area contributed by atoms with Gasteiger partial charge in [0, 0.05) is 18.2 Å². The first kappa shape index (κ1) is 18.6. The van der Waals surface area contributed by atoms with Gasteiger partial charge in [0.2, 0.25) is 0 Å². The second-order valence-corrected chi connectivity index (χ2v) is 7.11. The lowest BCUT2D eigenvalue weighted by molar-refractivity contribution is 0.241. The molecule has 3 aromatic rings. The third kappa shape index (κ3) is 3.65. The van der Waals surface area contributed by atoms with E-state index in [2.05, 4.69) is 38.4 Å². The van der Waals surface area contributed by atoms with E-state index in [0.29, 0.717) is 23.5 Å². The van der Waals surface area contributed by atoms with Crippen LogP contribution >= 0.6 is 0 Å². The van der Waals surface area contributed by atoms with E-state index >= 15 is 0 Å². The topological polar surface area (TPSA) is 92.0 Å². The van der Waals surface area contributed by atoms with E-state index in [-0.39, 0.29) is 18.2 Å². The van der Waals surface area contributed by atoms with Crippen molar-refractivity contribution in [2.75, 3.05) is 11.9 Å². The number of ether oxygens (including phenoxy) is 1. The van der Waals surface area contributed by atoms with Crippen molar-refractivity contribution in [1.82, 2.24) is 14.9 Å². The van der Waals surface area contributed by atoms with Crippen LogP contribution in [-0.2, 0) is 0 Å². The van der Waals surface area contributed by atoms with E-state index in [1.807, 2.05) is 32.2 Å². The molecular weight excluding hydrogens is 366 g/mol. The number of benzene rings is 2. The molecule has 7 nitrogen and oxygen atoms in total. The summed E-state index contributed by atoms with van der Waals surface area (Å²) >= 11 is 0. The second kappa shape index (κ2) is 7.68. The van der Waals surface area contributed by atoms with Crippen molar-refractivity contribution in [3.8, 4) is 23.1 Å².